The van der Waals surface area contributed by atoms with Crippen molar-refractivity contribution in [3.8, 4) is 5.75 Å². The van der Waals surface area contributed by atoms with E-state index in [1.165, 1.54) is 0 Å². The summed E-state index contributed by atoms with van der Waals surface area (Å²) in [6.45, 7) is 4.31. The maximum atomic E-state index is 11.8. The molecule has 1 fully saturated rings. The molecule has 176 valence electrons. The molecule has 2 aromatic heterocycles. The van der Waals surface area contributed by atoms with Crippen LogP contribution in [0.15, 0.2) is 41.3 Å². The Kier molecular flexibility index (Phi) is 7.26. The van der Waals surface area contributed by atoms with Crippen LogP contribution in [-0.4, -0.2) is 71.0 Å². The molecule has 0 bridgehead atoms. The molecule has 0 radical (unpaired) electrons. The van der Waals surface area contributed by atoms with Crippen LogP contribution < -0.4 is 20.6 Å². The van der Waals surface area contributed by atoms with Gasteiger partial charge >= 0.3 is 11.7 Å². The number of aliphatic hydroxyl groups excluding tert-OH is 1. The number of hydrogen-bond donors (Lipinski definition) is 4. The summed E-state index contributed by atoms with van der Waals surface area (Å²) in [6.07, 6.45) is 2.70. The van der Waals surface area contributed by atoms with Crippen LogP contribution in [0.1, 0.15) is 30.1 Å². The van der Waals surface area contributed by atoms with Gasteiger partial charge in [0.15, 0.2) is 0 Å². The van der Waals surface area contributed by atoms with Crippen molar-refractivity contribution in [2.24, 2.45) is 0 Å². The average Bonchev–Trinajstić information content (AvgIpc) is 3.23. The van der Waals surface area contributed by atoms with Crippen molar-refractivity contribution in [1.82, 2.24) is 20.3 Å². The molecule has 1 saturated heterocycles. The third-order valence-corrected chi connectivity index (χ3v) is 5.66. The summed E-state index contributed by atoms with van der Waals surface area (Å²) in [4.78, 5) is 35.2. The lowest BCUT2D eigenvalue weighted by Gasteiger charge is -2.33. The highest BCUT2D eigenvalue weighted by atomic mass is 16.5. The number of fused-ring (bicyclic) bond motifs is 1. The van der Waals surface area contributed by atoms with Crippen molar-refractivity contribution in [3.05, 3.63) is 52.6 Å². The first-order valence-corrected chi connectivity index (χ1v) is 11.2. The van der Waals surface area contributed by atoms with E-state index in [1.54, 1.807) is 37.4 Å². The second-order valence-corrected chi connectivity index (χ2v) is 8.02. The lowest BCUT2D eigenvalue weighted by atomic mass is 10.0. The molecule has 0 amide bonds. The summed E-state index contributed by atoms with van der Waals surface area (Å²) in [5, 5.41) is 13.7. The number of hydrogen-bond acceptors (Lipinski definition) is 8. The van der Waals surface area contributed by atoms with Gasteiger partial charge in [-0.3, -0.25) is 0 Å². The Morgan fingerprint density at radius 1 is 1.27 bits per heavy atom. The molecule has 0 unspecified atom stereocenters. The van der Waals surface area contributed by atoms with E-state index in [0.29, 0.717) is 41.5 Å². The summed E-state index contributed by atoms with van der Waals surface area (Å²) < 4.78 is 10.7. The minimum absolute atomic E-state index is 0.120. The fourth-order valence-electron chi connectivity index (χ4n) is 3.92. The zero-order valence-electron chi connectivity index (χ0n) is 18.5. The van der Waals surface area contributed by atoms with Gasteiger partial charge in [0.1, 0.15) is 29.8 Å². The van der Waals surface area contributed by atoms with Crippen LogP contribution in [0.5, 0.6) is 5.75 Å². The lowest BCUT2D eigenvalue weighted by molar-refractivity contribution is 0.0526. The van der Waals surface area contributed by atoms with Crippen LogP contribution in [0.3, 0.4) is 0 Å². The fourth-order valence-corrected chi connectivity index (χ4v) is 3.92. The van der Waals surface area contributed by atoms with E-state index in [2.05, 4.69) is 25.2 Å². The van der Waals surface area contributed by atoms with E-state index in [0.717, 1.165) is 31.7 Å². The van der Waals surface area contributed by atoms with Crippen molar-refractivity contribution in [3.63, 3.8) is 0 Å². The molecule has 1 atom stereocenters. The number of nitrogens with zero attached hydrogens (tertiary/aromatic N) is 2. The Balaban J connectivity index is 1.20. The molecule has 3 heterocycles. The number of rotatable bonds is 9. The Bertz CT molecular complexity index is 1120. The zero-order valence-corrected chi connectivity index (χ0v) is 18.5. The summed E-state index contributed by atoms with van der Waals surface area (Å²) in [5.41, 5.74) is 1.42. The molecular weight excluding hydrogens is 426 g/mol. The van der Waals surface area contributed by atoms with Crippen molar-refractivity contribution in [2.45, 2.75) is 31.9 Å². The second kappa shape index (κ2) is 10.5. The standard InChI is InChI=1S/C23H29N5O5/c1-2-32-22(30)15-6-7-20(25-12-15)28-10-8-16(9-11-28)24-13-17(29)14-33-19-5-3-4-18-21(19)27-23(31)26-18/h3-7,12,16-17,24,29H,2,8-11,13-14H2,1H3,(H2,26,27,31)/t17-/m0/s1. The zero-order chi connectivity index (χ0) is 23.2. The molecule has 10 heteroatoms. The van der Waals surface area contributed by atoms with Gasteiger partial charge in [0.25, 0.3) is 0 Å². The van der Waals surface area contributed by atoms with Gasteiger partial charge in [-0.05, 0) is 44.0 Å². The normalized spacial score (nSPS) is 15.5. The van der Waals surface area contributed by atoms with Crippen LogP contribution in [0.4, 0.5) is 5.82 Å². The van der Waals surface area contributed by atoms with Gasteiger partial charge in [0, 0.05) is 31.9 Å². The molecule has 10 nitrogen and oxygen atoms in total. The quantitative estimate of drug-likeness (QED) is 0.356. The van der Waals surface area contributed by atoms with E-state index in [9.17, 15) is 14.7 Å². The molecule has 0 spiro atoms. The number of aliphatic hydroxyl groups is 1. The number of benzene rings is 1. The van der Waals surface area contributed by atoms with Gasteiger partial charge in [-0.2, -0.15) is 0 Å². The number of para-hydroxylation sites is 1. The van der Waals surface area contributed by atoms with Gasteiger partial charge in [0.05, 0.1) is 17.7 Å². The number of pyridine rings is 1. The molecule has 1 aliphatic rings. The third-order valence-electron chi connectivity index (χ3n) is 5.66. The molecule has 4 N–H and O–H groups in total. The van der Waals surface area contributed by atoms with Crippen LogP contribution in [-0.2, 0) is 4.74 Å². The number of imidazole rings is 1. The highest BCUT2D eigenvalue weighted by molar-refractivity contribution is 5.89. The number of piperidine rings is 1. The summed E-state index contributed by atoms with van der Waals surface area (Å²) >= 11 is 0. The number of esters is 1. The fraction of sp³-hybridized carbons (Fsp3) is 0.435. The topological polar surface area (TPSA) is 133 Å². The van der Waals surface area contributed by atoms with Crippen molar-refractivity contribution in [1.29, 1.82) is 0 Å². The third kappa shape index (κ3) is 5.71. The molecule has 1 aliphatic heterocycles. The molecule has 33 heavy (non-hydrogen) atoms. The number of ether oxygens (including phenoxy) is 2. The predicted molar refractivity (Wildman–Crippen MR) is 124 cm³/mol. The molecule has 0 aliphatic carbocycles. The van der Waals surface area contributed by atoms with Gasteiger partial charge in [-0.15, -0.1) is 0 Å². The van der Waals surface area contributed by atoms with Gasteiger partial charge < -0.3 is 34.8 Å². The Labute approximate surface area is 190 Å². The first kappa shape index (κ1) is 22.8. The van der Waals surface area contributed by atoms with E-state index in [1.807, 2.05) is 6.07 Å². The molecule has 0 saturated carbocycles. The lowest BCUT2D eigenvalue weighted by Crippen LogP contribution is -2.45. The van der Waals surface area contributed by atoms with Crippen molar-refractivity contribution >= 4 is 22.8 Å². The SMILES string of the molecule is CCOC(=O)c1ccc(N2CCC(NC[C@H](O)COc3cccc4[nH]c(=O)[nH]c34)CC2)nc1. The largest absolute Gasteiger partial charge is 0.489 e. The highest BCUT2D eigenvalue weighted by Gasteiger charge is 2.21. The number of carbonyl (C=O) groups excluding carboxylic acids is 1. The van der Waals surface area contributed by atoms with E-state index in [4.69, 9.17) is 9.47 Å². The van der Waals surface area contributed by atoms with Gasteiger partial charge in [0.2, 0.25) is 0 Å². The van der Waals surface area contributed by atoms with Crippen LogP contribution in [0.2, 0.25) is 0 Å². The predicted octanol–water partition coefficient (Wildman–Crippen LogP) is 1.43. The first-order valence-electron chi connectivity index (χ1n) is 11.2. The molecule has 4 rings (SSSR count). The highest BCUT2D eigenvalue weighted by Crippen LogP contribution is 2.21. The summed E-state index contributed by atoms with van der Waals surface area (Å²) in [5.74, 6) is 1.01. The number of carbonyl (C=O) groups is 1. The maximum Gasteiger partial charge on any atom is 0.339 e. The molecular formula is C23H29N5O5. The van der Waals surface area contributed by atoms with Crippen LogP contribution in [0.25, 0.3) is 11.0 Å². The van der Waals surface area contributed by atoms with Crippen molar-refractivity contribution in [2.75, 3.05) is 37.7 Å². The Morgan fingerprint density at radius 3 is 2.82 bits per heavy atom. The summed E-state index contributed by atoms with van der Waals surface area (Å²) in [7, 11) is 0. The van der Waals surface area contributed by atoms with Gasteiger partial charge in [-0.25, -0.2) is 14.6 Å². The van der Waals surface area contributed by atoms with Crippen molar-refractivity contribution < 1.29 is 19.4 Å². The van der Waals surface area contributed by atoms with E-state index < -0.39 is 6.10 Å². The Hall–Kier alpha value is -3.37. The van der Waals surface area contributed by atoms with Gasteiger partial charge in [-0.1, -0.05) is 6.07 Å². The number of anilines is 1. The minimum Gasteiger partial charge on any atom is -0.489 e. The maximum absolute atomic E-state index is 11.8. The van der Waals surface area contributed by atoms with Crippen LogP contribution >= 0.6 is 0 Å². The minimum atomic E-state index is -0.680. The first-order chi connectivity index (χ1) is 16.0. The second-order valence-electron chi connectivity index (χ2n) is 8.02. The number of nitrogens with one attached hydrogen (secondary N) is 3. The molecule has 3 aromatic rings. The van der Waals surface area contributed by atoms with E-state index in [-0.39, 0.29) is 18.3 Å². The van der Waals surface area contributed by atoms with Crippen LogP contribution in [0, 0.1) is 0 Å². The number of aromatic nitrogens is 3. The smallest absolute Gasteiger partial charge is 0.339 e. The number of H-pyrrole nitrogens is 2. The average molecular weight is 456 g/mol. The van der Waals surface area contributed by atoms with E-state index >= 15 is 0 Å². The molecule has 1 aromatic carbocycles. The Morgan fingerprint density at radius 2 is 2.09 bits per heavy atom. The monoisotopic (exact) mass is 455 g/mol. The number of aromatic amines is 2. The summed E-state index contributed by atoms with van der Waals surface area (Å²) in [6, 6.07) is 9.21.